The Labute approximate surface area is 137 Å². The number of nitrogens with zero attached hydrogens (tertiary/aromatic N) is 1. The highest BCUT2D eigenvalue weighted by Crippen LogP contribution is 2.48. The number of aromatic amines is 1. The van der Waals surface area contributed by atoms with Crippen LogP contribution in [-0.2, 0) is 9.59 Å². The SMILES string of the molecule is O=C(O)C1(C(=O)N2CC=C(c3c[nH]c4cc(F)ccc34)CC2)CC1. The molecule has 6 heteroatoms. The Morgan fingerprint density at radius 2 is 2.08 bits per heavy atom. The molecule has 0 spiro atoms. The van der Waals surface area contributed by atoms with Crippen molar-refractivity contribution in [2.24, 2.45) is 5.41 Å². The number of aliphatic carboxylic acids is 1. The fourth-order valence-electron chi connectivity index (χ4n) is 3.41. The Balaban J connectivity index is 1.56. The number of H-pyrrole nitrogens is 1. The Morgan fingerprint density at radius 3 is 2.71 bits per heavy atom. The number of carboxylic acid groups (broad SMARTS) is 1. The summed E-state index contributed by atoms with van der Waals surface area (Å²) in [7, 11) is 0. The predicted octanol–water partition coefficient (Wildman–Crippen LogP) is 2.79. The molecule has 4 rings (SSSR count). The summed E-state index contributed by atoms with van der Waals surface area (Å²) >= 11 is 0. The lowest BCUT2D eigenvalue weighted by atomic mass is 9.97. The second-order valence-corrected chi connectivity index (χ2v) is 6.51. The summed E-state index contributed by atoms with van der Waals surface area (Å²) in [5.74, 6) is -1.57. The maximum absolute atomic E-state index is 13.3. The van der Waals surface area contributed by atoms with Crippen LogP contribution in [0.1, 0.15) is 24.8 Å². The molecule has 2 N–H and O–H groups in total. The molecule has 0 saturated heterocycles. The molecule has 1 aliphatic carbocycles. The zero-order chi connectivity index (χ0) is 16.9. The largest absolute Gasteiger partial charge is 0.480 e. The number of halogens is 1. The topological polar surface area (TPSA) is 73.4 Å². The number of nitrogens with one attached hydrogen (secondary N) is 1. The van der Waals surface area contributed by atoms with Crippen LogP contribution in [-0.4, -0.2) is 40.0 Å². The van der Waals surface area contributed by atoms with Gasteiger partial charge in [0.05, 0.1) is 0 Å². The van der Waals surface area contributed by atoms with Crippen molar-refractivity contribution in [3.8, 4) is 0 Å². The number of benzene rings is 1. The summed E-state index contributed by atoms with van der Waals surface area (Å²) < 4.78 is 13.3. The maximum Gasteiger partial charge on any atom is 0.319 e. The minimum Gasteiger partial charge on any atom is -0.480 e. The monoisotopic (exact) mass is 328 g/mol. The van der Waals surface area contributed by atoms with Crippen molar-refractivity contribution in [2.45, 2.75) is 19.3 Å². The highest BCUT2D eigenvalue weighted by atomic mass is 19.1. The van der Waals surface area contributed by atoms with Crippen molar-refractivity contribution < 1.29 is 19.1 Å². The molecule has 1 aromatic heterocycles. The van der Waals surface area contributed by atoms with Crippen LogP contribution in [0.25, 0.3) is 16.5 Å². The number of hydrogen-bond acceptors (Lipinski definition) is 2. The van der Waals surface area contributed by atoms with Crippen molar-refractivity contribution in [2.75, 3.05) is 13.1 Å². The van der Waals surface area contributed by atoms with Gasteiger partial charge in [0.25, 0.3) is 0 Å². The number of fused-ring (bicyclic) bond motifs is 1. The number of carbonyl (C=O) groups is 2. The normalized spacial score (nSPS) is 19.2. The third-order valence-electron chi connectivity index (χ3n) is 5.05. The number of rotatable bonds is 3. The van der Waals surface area contributed by atoms with E-state index in [0.717, 1.165) is 22.0 Å². The molecule has 1 saturated carbocycles. The van der Waals surface area contributed by atoms with Crippen LogP contribution in [0.2, 0.25) is 0 Å². The second kappa shape index (κ2) is 5.19. The van der Waals surface area contributed by atoms with Gasteiger partial charge in [-0.05, 0) is 43.0 Å². The van der Waals surface area contributed by atoms with Crippen molar-refractivity contribution >= 4 is 28.4 Å². The van der Waals surface area contributed by atoms with Gasteiger partial charge in [0, 0.05) is 35.8 Å². The van der Waals surface area contributed by atoms with Gasteiger partial charge in [-0.2, -0.15) is 0 Å². The molecule has 5 nitrogen and oxygen atoms in total. The van der Waals surface area contributed by atoms with Gasteiger partial charge in [0.2, 0.25) is 5.91 Å². The third-order valence-corrected chi connectivity index (χ3v) is 5.05. The lowest BCUT2D eigenvalue weighted by molar-refractivity contribution is -0.153. The van der Waals surface area contributed by atoms with Gasteiger partial charge in [0.15, 0.2) is 0 Å². The first-order chi connectivity index (χ1) is 11.5. The van der Waals surface area contributed by atoms with Crippen LogP contribution >= 0.6 is 0 Å². The summed E-state index contributed by atoms with van der Waals surface area (Å²) in [6, 6.07) is 4.64. The van der Waals surface area contributed by atoms with Gasteiger partial charge in [-0.25, -0.2) is 4.39 Å². The van der Waals surface area contributed by atoms with Gasteiger partial charge in [-0.3, -0.25) is 9.59 Å². The fourth-order valence-corrected chi connectivity index (χ4v) is 3.41. The van der Waals surface area contributed by atoms with Crippen molar-refractivity contribution in [3.05, 3.63) is 41.9 Å². The average Bonchev–Trinajstić information content (AvgIpc) is 3.30. The van der Waals surface area contributed by atoms with E-state index in [1.54, 1.807) is 11.0 Å². The summed E-state index contributed by atoms with van der Waals surface area (Å²) in [6.45, 7) is 0.921. The molecule has 1 aromatic carbocycles. The molecule has 24 heavy (non-hydrogen) atoms. The van der Waals surface area contributed by atoms with Crippen LogP contribution < -0.4 is 0 Å². The van der Waals surface area contributed by atoms with Crippen LogP contribution in [0.15, 0.2) is 30.5 Å². The Morgan fingerprint density at radius 1 is 1.29 bits per heavy atom. The fraction of sp³-hybridized carbons (Fsp3) is 0.333. The van der Waals surface area contributed by atoms with Crippen molar-refractivity contribution in [1.82, 2.24) is 9.88 Å². The standard InChI is InChI=1S/C18H17FN2O3/c19-12-1-2-13-14(10-20-15(13)9-12)11-3-7-21(8-4-11)16(22)18(5-6-18)17(23)24/h1-3,9-10,20H,4-8H2,(H,23,24). The van der Waals surface area contributed by atoms with E-state index in [-0.39, 0.29) is 11.7 Å². The summed E-state index contributed by atoms with van der Waals surface area (Å²) in [5.41, 5.74) is 1.67. The molecule has 124 valence electrons. The number of amides is 1. The van der Waals surface area contributed by atoms with Crippen molar-refractivity contribution in [3.63, 3.8) is 0 Å². The Bertz CT molecular complexity index is 880. The highest BCUT2D eigenvalue weighted by Gasteiger charge is 2.58. The number of aromatic nitrogens is 1. The average molecular weight is 328 g/mol. The first kappa shape index (κ1) is 14.9. The van der Waals surface area contributed by atoms with E-state index >= 15 is 0 Å². The zero-order valence-electron chi connectivity index (χ0n) is 13.0. The quantitative estimate of drug-likeness (QED) is 0.851. The lowest BCUT2D eigenvalue weighted by Gasteiger charge is -2.28. The third kappa shape index (κ3) is 2.21. The van der Waals surface area contributed by atoms with E-state index in [0.29, 0.717) is 32.4 Å². The Hall–Kier alpha value is -2.63. The number of hydrogen-bond donors (Lipinski definition) is 2. The maximum atomic E-state index is 13.3. The van der Waals surface area contributed by atoms with Crippen LogP contribution in [0, 0.1) is 11.2 Å². The van der Waals surface area contributed by atoms with E-state index in [4.69, 9.17) is 0 Å². The molecule has 1 fully saturated rings. The van der Waals surface area contributed by atoms with Crippen molar-refractivity contribution in [1.29, 1.82) is 0 Å². The van der Waals surface area contributed by atoms with Gasteiger partial charge < -0.3 is 15.0 Å². The number of carbonyl (C=O) groups excluding carboxylic acids is 1. The smallest absolute Gasteiger partial charge is 0.319 e. The molecular formula is C18H17FN2O3. The van der Waals surface area contributed by atoms with Gasteiger partial charge in [-0.1, -0.05) is 6.08 Å². The Kier molecular flexibility index (Phi) is 3.23. The molecule has 1 amide bonds. The van der Waals surface area contributed by atoms with Crippen LogP contribution in [0.4, 0.5) is 4.39 Å². The van der Waals surface area contributed by atoms with E-state index in [9.17, 15) is 19.1 Å². The number of carboxylic acids is 1. The lowest BCUT2D eigenvalue weighted by Crippen LogP contribution is -2.42. The molecule has 0 radical (unpaired) electrons. The minimum absolute atomic E-state index is 0.272. The molecule has 0 bridgehead atoms. The van der Waals surface area contributed by atoms with Gasteiger partial charge in [0.1, 0.15) is 11.2 Å². The van der Waals surface area contributed by atoms with Gasteiger partial charge in [-0.15, -0.1) is 0 Å². The van der Waals surface area contributed by atoms with E-state index in [2.05, 4.69) is 4.98 Å². The molecule has 2 heterocycles. The predicted molar refractivity (Wildman–Crippen MR) is 86.7 cm³/mol. The molecule has 2 aliphatic rings. The van der Waals surface area contributed by atoms with E-state index in [1.807, 2.05) is 12.3 Å². The van der Waals surface area contributed by atoms with Crippen LogP contribution in [0.5, 0.6) is 0 Å². The van der Waals surface area contributed by atoms with Gasteiger partial charge >= 0.3 is 5.97 Å². The van der Waals surface area contributed by atoms with E-state index < -0.39 is 11.4 Å². The molecule has 0 atom stereocenters. The van der Waals surface area contributed by atoms with Crippen LogP contribution in [0.3, 0.4) is 0 Å². The zero-order valence-corrected chi connectivity index (χ0v) is 13.0. The summed E-state index contributed by atoms with van der Waals surface area (Å²) in [5, 5.41) is 10.2. The summed E-state index contributed by atoms with van der Waals surface area (Å²) in [6.07, 6.45) is 5.34. The molecule has 1 aliphatic heterocycles. The minimum atomic E-state index is -1.18. The molecule has 2 aromatic rings. The first-order valence-electron chi connectivity index (χ1n) is 8.00. The molecular weight excluding hydrogens is 311 g/mol. The van der Waals surface area contributed by atoms with E-state index in [1.165, 1.54) is 12.1 Å². The summed E-state index contributed by atoms with van der Waals surface area (Å²) in [4.78, 5) is 28.4. The molecule has 0 unspecified atom stereocenters. The first-order valence-corrected chi connectivity index (χ1v) is 8.00. The highest BCUT2D eigenvalue weighted by molar-refractivity contribution is 6.05. The second-order valence-electron chi connectivity index (χ2n) is 6.51.